The van der Waals surface area contributed by atoms with Crippen LogP contribution in [0.1, 0.15) is 36.3 Å². The summed E-state index contributed by atoms with van der Waals surface area (Å²) >= 11 is 3.38. The van der Waals surface area contributed by atoms with Crippen molar-refractivity contribution in [3.05, 3.63) is 35.4 Å². The fourth-order valence-electron chi connectivity index (χ4n) is 1.83. The molecule has 0 amide bonds. The maximum absolute atomic E-state index is 11.0. The largest absolute Gasteiger partial charge is 0.481 e. The Balaban J connectivity index is 2.58. The molecule has 0 aliphatic heterocycles. The van der Waals surface area contributed by atoms with Gasteiger partial charge in [0.1, 0.15) is 6.29 Å². The van der Waals surface area contributed by atoms with E-state index in [9.17, 15) is 9.59 Å². The number of halogens is 1. The van der Waals surface area contributed by atoms with E-state index in [-0.39, 0.29) is 12.3 Å². The monoisotopic (exact) mass is 312 g/mol. The first-order valence-electron chi connectivity index (χ1n) is 5.99. The normalized spacial score (nSPS) is 12.1. The minimum Gasteiger partial charge on any atom is -0.481 e. The Bertz CT molecular complexity index is 387. The summed E-state index contributed by atoms with van der Waals surface area (Å²) in [7, 11) is 0. The summed E-state index contributed by atoms with van der Waals surface area (Å²) in [6.07, 6.45) is 3.11. The maximum Gasteiger partial charge on any atom is 0.303 e. The highest BCUT2D eigenvalue weighted by atomic mass is 79.9. The van der Waals surface area contributed by atoms with Crippen LogP contribution in [0.25, 0.3) is 0 Å². The van der Waals surface area contributed by atoms with E-state index in [1.54, 1.807) is 0 Å². The summed E-state index contributed by atoms with van der Waals surface area (Å²) in [6.45, 7) is 0. The van der Waals surface area contributed by atoms with Gasteiger partial charge in [0.15, 0.2) is 0 Å². The molecule has 0 spiro atoms. The molecule has 0 aliphatic carbocycles. The third-order valence-corrected chi connectivity index (χ3v) is 3.26. The lowest BCUT2D eigenvalue weighted by atomic mass is 9.94. The summed E-state index contributed by atoms with van der Waals surface area (Å²) < 4.78 is 0. The van der Waals surface area contributed by atoms with Crippen LogP contribution in [0.5, 0.6) is 0 Å². The van der Waals surface area contributed by atoms with Crippen molar-refractivity contribution in [2.45, 2.75) is 31.6 Å². The lowest BCUT2D eigenvalue weighted by Gasteiger charge is -2.10. The topological polar surface area (TPSA) is 54.4 Å². The van der Waals surface area contributed by atoms with Crippen LogP contribution in [0.2, 0.25) is 0 Å². The van der Waals surface area contributed by atoms with Gasteiger partial charge in [-0.3, -0.25) is 4.79 Å². The van der Waals surface area contributed by atoms with E-state index < -0.39 is 5.97 Å². The standard InChI is InChI=1S/C14H17BrO3/c15-9-8-11-4-6-12(7-5-11)13(10-16)2-1-3-14(17)18/h4-7,10,13H,1-3,8-9H2,(H,17,18). The van der Waals surface area contributed by atoms with Crippen LogP contribution in [-0.4, -0.2) is 22.7 Å². The van der Waals surface area contributed by atoms with Crippen molar-refractivity contribution in [2.24, 2.45) is 0 Å². The SMILES string of the molecule is O=CC(CCCC(=O)O)c1ccc(CCBr)cc1. The third kappa shape index (κ3) is 5.00. The number of hydrogen-bond acceptors (Lipinski definition) is 2. The number of carboxylic acid groups (broad SMARTS) is 1. The Kier molecular flexibility index (Phi) is 6.65. The number of rotatable bonds is 8. The number of aliphatic carboxylic acids is 1. The van der Waals surface area contributed by atoms with Crippen LogP contribution in [0.15, 0.2) is 24.3 Å². The van der Waals surface area contributed by atoms with E-state index in [1.807, 2.05) is 24.3 Å². The fraction of sp³-hybridized carbons (Fsp3) is 0.429. The van der Waals surface area contributed by atoms with Gasteiger partial charge in [-0.05, 0) is 30.4 Å². The highest BCUT2D eigenvalue weighted by Crippen LogP contribution is 2.20. The number of carboxylic acids is 1. The average molecular weight is 313 g/mol. The second kappa shape index (κ2) is 8.03. The molecule has 0 saturated heterocycles. The third-order valence-electron chi connectivity index (χ3n) is 2.86. The lowest BCUT2D eigenvalue weighted by Crippen LogP contribution is -2.03. The molecule has 4 heteroatoms. The quantitative estimate of drug-likeness (QED) is 0.592. The van der Waals surface area contributed by atoms with Gasteiger partial charge in [-0.25, -0.2) is 0 Å². The van der Waals surface area contributed by atoms with Gasteiger partial charge in [-0.2, -0.15) is 0 Å². The first-order valence-corrected chi connectivity index (χ1v) is 7.11. The van der Waals surface area contributed by atoms with Crippen LogP contribution in [-0.2, 0) is 16.0 Å². The van der Waals surface area contributed by atoms with Gasteiger partial charge in [0.2, 0.25) is 0 Å². The smallest absolute Gasteiger partial charge is 0.303 e. The van der Waals surface area contributed by atoms with Gasteiger partial charge in [-0.15, -0.1) is 0 Å². The number of carbonyl (C=O) groups is 2. The molecule has 1 unspecified atom stereocenters. The minimum absolute atomic E-state index is 0.117. The van der Waals surface area contributed by atoms with Crippen LogP contribution in [0, 0.1) is 0 Å². The number of alkyl halides is 1. The van der Waals surface area contributed by atoms with E-state index in [1.165, 1.54) is 5.56 Å². The fourth-order valence-corrected chi connectivity index (χ4v) is 2.28. The lowest BCUT2D eigenvalue weighted by molar-refractivity contribution is -0.137. The molecule has 98 valence electrons. The van der Waals surface area contributed by atoms with E-state index in [0.717, 1.165) is 23.6 Å². The zero-order valence-electron chi connectivity index (χ0n) is 10.1. The Morgan fingerprint density at radius 2 is 2.00 bits per heavy atom. The number of hydrogen-bond donors (Lipinski definition) is 1. The zero-order chi connectivity index (χ0) is 13.4. The minimum atomic E-state index is -0.813. The molecule has 3 nitrogen and oxygen atoms in total. The van der Waals surface area contributed by atoms with Crippen molar-refractivity contribution in [2.75, 3.05) is 5.33 Å². The first-order chi connectivity index (χ1) is 8.67. The summed E-state index contributed by atoms with van der Waals surface area (Å²) in [6, 6.07) is 7.95. The van der Waals surface area contributed by atoms with Gasteiger partial charge in [0, 0.05) is 17.7 Å². The van der Waals surface area contributed by atoms with Crippen LogP contribution in [0.3, 0.4) is 0 Å². The predicted molar refractivity (Wildman–Crippen MR) is 74.2 cm³/mol. The predicted octanol–water partition coefficient (Wildman–Crippen LogP) is 3.16. The van der Waals surface area contributed by atoms with Crippen molar-refractivity contribution < 1.29 is 14.7 Å². The molecule has 1 rings (SSSR count). The van der Waals surface area contributed by atoms with Crippen molar-refractivity contribution in [3.8, 4) is 0 Å². The molecule has 0 saturated carbocycles. The van der Waals surface area contributed by atoms with Gasteiger partial charge in [-0.1, -0.05) is 40.2 Å². The molecule has 0 radical (unpaired) electrons. The Morgan fingerprint density at radius 1 is 1.33 bits per heavy atom. The van der Waals surface area contributed by atoms with Crippen molar-refractivity contribution >= 4 is 28.2 Å². The molecule has 1 atom stereocenters. The Hall–Kier alpha value is -1.16. The second-order valence-electron chi connectivity index (χ2n) is 4.21. The number of aldehydes is 1. The summed E-state index contributed by atoms with van der Waals surface area (Å²) in [4.78, 5) is 21.5. The van der Waals surface area contributed by atoms with E-state index in [4.69, 9.17) is 5.11 Å². The van der Waals surface area contributed by atoms with Crippen LogP contribution in [0.4, 0.5) is 0 Å². The van der Waals surface area contributed by atoms with Gasteiger partial charge in [0.05, 0.1) is 0 Å². The Labute approximate surface area is 115 Å². The van der Waals surface area contributed by atoms with E-state index in [2.05, 4.69) is 15.9 Å². The highest BCUT2D eigenvalue weighted by molar-refractivity contribution is 9.09. The van der Waals surface area contributed by atoms with Gasteiger partial charge in [0.25, 0.3) is 0 Å². The molecule has 0 bridgehead atoms. The molecule has 0 heterocycles. The molecular formula is C14H17BrO3. The second-order valence-corrected chi connectivity index (χ2v) is 5.00. The van der Waals surface area contributed by atoms with E-state index in [0.29, 0.717) is 12.8 Å². The van der Waals surface area contributed by atoms with Crippen LogP contribution >= 0.6 is 15.9 Å². The number of carbonyl (C=O) groups excluding carboxylic acids is 1. The zero-order valence-corrected chi connectivity index (χ0v) is 11.7. The van der Waals surface area contributed by atoms with E-state index >= 15 is 0 Å². The van der Waals surface area contributed by atoms with Crippen molar-refractivity contribution in [1.82, 2.24) is 0 Å². The first kappa shape index (κ1) is 14.9. The van der Waals surface area contributed by atoms with Crippen molar-refractivity contribution in [3.63, 3.8) is 0 Å². The number of benzene rings is 1. The number of aryl methyl sites for hydroxylation is 1. The molecule has 1 aromatic carbocycles. The molecule has 1 N–H and O–H groups in total. The Morgan fingerprint density at radius 3 is 2.50 bits per heavy atom. The van der Waals surface area contributed by atoms with Gasteiger partial charge < -0.3 is 9.90 Å². The molecule has 18 heavy (non-hydrogen) atoms. The van der Waals surface area contributed by atoms with Gasteiger partial charge >= 0.3 is 5.97 Å². The summed E-state index contributed by atoms with van der Waals surface area (Å²) in [5.74, 6) is -1.00. The molecular weight excluding hydrogens is 296 g/mol. The van der Waals surface area contributed by atoms with Crippen molar-refractivity contribution in [1.29, 1.82) is 0 Å². The van der Waals surface area contributed by atoms with Crippen LogP contribution < -0.4 is 0 Å². The summed E-state index contributed by atoms with van der Waals surface area (Å²) in [5, 5.41) is 9.49. The molecule has 0 fully saturated rings. The molecule has 0 aliphatic rings. The molecule has 0 aromatic heterocycles. The maximum atomic E-state index is 11.0. The molecule has 1 aromatic rings. The summed E-state index contributed by atoms with van der Waals surface area (Å²) in [5.41, 5.74) is 2.19. The average Bonchev–Trinajstić information content (AvgIpc) is 2.36. The highest BCUT2D eigenvalue weighted by Gasteiger charge is 2.11.